The van der Waals surface area contributed by atoms with E-state index in [1.165, 1.54) is 12.4 Å². The van der Waals surface area contributed by atoms with E-state index in [0.29, 0.717) is 22.6 Å². The fourth-order valence-corrected chi connectivity index (χ4v) is 2.67. The molecule has 2 aromatic carbocycles. The van der Waals surface area contributed by atoms with Crippen molar-refractivity contribution in [3.05, 3.63) is 66.7 Å². The van der Waals surface area contributed by atoms with Crippen molar-refractivity contribution in [2.75, 3.05) is 5.32 Å². The third-order valence-corrected chi connectivity index (χ3v) is 4.00. The standard InChI is InChI=1S/C19H15N5O2/c1-24-11-22-16-8-13(5-6-17(16)24)19(26)23-14-9-20-18(21-10-14)12-3-2-4-15(25)7-12/h2-11,25H,1H3,(H,23,26). The van der Waals surface area contributed by atoms with Crippen LogP contribution in [0.15, 0.2) is 61.2 Å². The van der Waals surface area contributed by atoms with Crippen molar-refractivity contribution in [2.24, 2.45) is 7.05 Å². The van der Waals surface area contributed by atoms with Crippen LogP contribution in [-0.4, -0.2) is 30.5 Å². The average molecular weight is 345 g/mol. The minimum atomic E-state index is -0.258. The van der Waals surface area contributed by atoms with Crippen molar-refractivity contribution in [1.82, 2.24) is 19.5 Å². The van der Waals surface area contributed by atoms with Crippen LogP contribution in [0.2, 0.25) is 0 Å². The van der Waals surface area contributed by atoms with E-state index in [-0.39, 0.29) is 11.7 Å². The Kier molecular flexibility index (Phi) is 3.81. The predicted molar refractivity (Wildman–Crippen MR) is 97.8 cm³/mol. The molecule has 2 N–H and O–H groups in total. The van der Waals surface area contributed by atoms with Gasteiger partial charge in [-0.05, 0) is 30.3 Å². The van der Waals surface area contributed by atoms with E-state index in [4.69, 9.17) is 0 Å². The van der Waals surface area contributed by atoms with Crippen LogP contribution >= 0.6 is 0 Å². The molecule has 0 atom stereocenters. The molecular formula is C19H15N5O2. The molecule has 7 heteroatoms. The van der Waals surface area contributed by atoms with Crippen molar-refractivity contribution in [3.8, 4) is 17.1 Å². The molecule has 2 aromatic heterocycles. The average Bonchev–Trinajstić information content (AvgIpc) is 3.03. The number of aromatic nitrogens is 4. The normalized spacial score (nSPS) is 10.8. The van der Waals surface area contributed by atoms with Gasteiger partial charge in [0.2, 0.25) is 0 Å². The molecule has 7 nitrogen and oxygen atoms in total. The first-order chi connectivity index (χ1) is 12.6. The zero-order valence-electron chi connectivity index (χ0n) is 13.9. The quantitative estimate of drug-likeness (QED) is 0.595. The molecule has 0 aliphatic rings. The van der Waals surface area contributed by atoms with Gasteiger partial charge in [-0.1, -0.05) is 12.1 Å². The van der Waals surface area contributed by atoms with Gasteiger partial charge in [-0.25, -0.2) is 15.0 Å². The second-order valence-electron chi connectivity index (χ2n) is 5.86. The summed E-state index contributed by atoms with van der Waals surface area (Å²) >= 11 is 0. The molecular weight excluding hydrogens is 330 g/mol. The van der Waals surface area contributed by atoms with Crippen LogP contribution in [0, 0.1) is 0 Å². The lowest BCUT2D eigenvalue weighted by molar-refractivity contribution is 0.102. The summed E-state index contributed by atoms with van der Waals surface area (Å²) in [4.78, 5) is 25.2. The molecule has 0 aliphatic carbocycles. The van der Waals surface area contributed by atoms with E-state index in [0.717, 1.165) is 11.0 Å². The van der Waals surface area contributed by atoms with E-state index < -0.39 is 0 Å². The molecule has 0 saturated heterocycles. The third-order valence-electron chi connectivity index (χ3n) is 4.00. The van der Waals surface area contributed by atoms with Crippen molar-refractivity contribution >= 4 is 22.6 Å². The number of benzene rings is 2. The number of aryl methyl sites for hydroxylation is 1. The van der Waals surface area contributed by atoms with Crippen LogP contribution in [0.1, 0.15) is 10.4 Å². The molecule has 0 radical (unpaired) electrons. The minimum Gasteiger partial charge on any atom is -0.508 e. The summed E-state index contributed by atoms with van der Waals surface area (Å²) in [6, 6.07) is 12.0. The van der Waals surface area contributed by atoms with Crippen LogP contribution in [-0.2, 0) is 7.05 Å². The van der Waals surface area contributed by atoms with Crippen LogP contribution in [0.5, 0.6) is 5.75 Å². The topological polar surface area (TPSA) is 92.9 Å². The van der Waals surface area contributed by atoms with Crippen molar-refractivity contribution < 1.29 is 9.90 Å². The lowest BCUT2D eigenvalue weighted by Gasteiger charge is -2.06. The summed E-state index contributed by atoms with van der Waals surface area (Å²) in [5.41, 5.74) is 3.41. The van der Waals surface area contributed by atoms with Crippen LogP contribution in [0.3, 0.4) is 0 Å². The zero-order valence-corrected chi connectivity index (χ0v) is 13.9. The van der Waals surface area contributed by atoms with Crippen LogP contribution in [0.4, 0.5) is 5.69 Å². The molecule has 26 heavy (non-hydrogen) atoms. The van der Waals surface area contributed by atoms with Gasteiger partial charge in [0.15, 0.2) is 5.82 Å². The molecule has 0 saturated carbocycles. The molecule has 0 fully saturated rings. The molecule has 4 aromatic rings. The third kappa shape index (κ3) is 2.98. The lowest BCUT2D eigenvalue weighted by atomic mass is 10.2. The monoisotopic (exact) mass is 345 g/mol. The molecule has 0 aliphatic heterocycles. The van der Waals surface area contributed by atoms with Gasteiger partial charge < -0.3 is 15.0 Å². The second-order valence-corrected chi connectivity index (χ2v) is 5.86. The first-order valence-electron chi connectivity index (χ1n) is 7.94. The Morgan fingerprint density at radius 1 is 1.08 bits per heavy atom. The number of hydrogen-bond donors (Lipinski definition) is 2. The first-order valence-corrected chi connectivity index (χ1v) is 7.94. The maximum Gasteiger partial charge on any atom is 0.255 e. The summed E-state index contributed by atoms with van der Waals surface area (Å²) in [7, 11) is 1.90. The number of fused-ring (bicyclic) bond motifs is 1. The minimum absolute atomic E-state index is 0.147. The zero-order chi connectivity index (χ0) is 18.1. The van der Waals surface area contributed by atoms with Gasteiger partial charge in [0, 0.05) is 18.2 Å². The number of imidazole rings is 1. The lowest BCUT2D eigenvalue weighted by Crippen LogP contribution is -2.12. The van der Waals surface area contributed by atoms with E-state index in [2.05, 4.69) is 20.3 Å². The van der Waals surface area contributed by atoms with E-state index in [9.17, 15) is 9.90 Å². The Balaban J connectivity index is 1.53. The molecule has 128 valence electrons. The smallest absolute Gasteiger partial charge is 0.255 e. The molecule has 0 unspecified atom stereocenters. The SMILES string of the molecule is Cn1cnc2cc(C(=O)Nc3cnc(-c4cccc(O)c4)nc3)ccc21. The summed E-state index contributed by atoms with van der Waals surface area (Å²) in [5, 5.41) is 12.3. The van der Waals surface area contributed by atoms with E-state index >= 15 is 0 Å². The fraction of sp³-hybridized carbons (Fsp3) is 0.0526. The first kappa shape index (κ1) is 15.8. The summed E-state index contributed by atoms with van der Waals surface area (Å²) in [6.45, 7) is 0. The highest BCUT2D eigenvalue weighted by Gasteiger charge is 2.10. The number of nitrogens with one attached hydrogen (secondary N) is 1. The molecule has 1 amide bonds. The van der Waals surface area contributed by atoms with Crippen molar-refractivity contribution in [3.63, 3.8) is 0 Å². The molecule has 0 spiro atoms. The summed E-state index contributed by atoms with van der Waals surface area (Å²) < 4.78 is 1.89. The van der Waals surface area contributed by atoms with Crippen molar-refractivity contribution in [1.29, 1.82) is 0 Å². The van der Waals surface area contributed by atoms with E-state index in [1.807, 2.05) is 17.7 Å². The molecule has 2 heterocycles. The number of nitrogens with zero attached hydrogens (tertiary/aromatic N) is 4. The Labute approximate surface area is 149 Å². The largest absolute Gasteiger partial charge is 0.508 e. The van der Waals surface area contributed by atoms with Gasteiger partial charge in [0.05, 0.1) is 35.4 Å². The van der Waals surface area contributed by atoms with Gasteiger partial charge in [-0.3, -0.25) is 4.79 Å². The van der Waals surface area contributed by atoms with Crippen LogP contribution in [0.25, 0.3) is 22.4 Å². The fourth-order valence-electron chi connectivity index (χ4n) is 2.67. The maximum atomic E-state index is 12.4. The van der Waals surface area contributed by atoms with Gasteiger partial charge in [0.1, 0.15) is 5.75 Å². The number of carbonyl (C=O) groups excluding carboxylic acids is 1. The summed E-state index contributed by atoms with van der Waals surface area (Å²) in [6.07, 6.45) is 4.77. The number of phenols is 1. The molecule has 4 rings (SSSR count). The Morgan fingerprint density at radius 2 is 1.88 bits per heavy atom. The Hall–Kier alpha value is -3.74. The number of hydrogen-bond acceptors (Lipinski definition) is 5. The second kappa shape index (κ2) is 6.29. The number of amides is 1. The number of aromatic hydroxyl groups is 1. The van der Waals surface area contributed by atoms with E-state index in [1.54, 1.807) is 42.7 Å². The van der Waals surface area contributed by atoms with Gasteiger partial charge in [-0.15, -0.1) is 0 Å². The Morgan fingerprint density at radius 3 is 2.65 bits per heavy atom. The maximum absolute atomic E-state index is 12.4. The number of carbonyl (C=O) groups is 1. The van der Waals surface area contributed by atoms with Gasteiger partial charge >= 0.3 is 0 Å². The van der Waals surface area contributed by atoms with Crippen molar-refractivity contribution in [2.45, 2.75) is 0 Å². The number of rotatable bonds is 3. The van der Waals surface area contributed by atoms with Gasteiger partial charge in [-0.2, -0.15) is 0 Å². The Bertz CT molecular complexity index is 1100. The van der Waals surface area contributed by atoms with Gasteiger partial charge in [0.25, 0.3) is 5.91 Å². The summed E-state index contributed by atoms with van der Waals surface area (Å²) in [5.74, 6) is 0.355. The molecule has 0 bridgehead atoms. The number of anilines is 1. The van der Waals surface area contributed by atoms with Crippen LogP contribution < -0.4 is 5.32 Å². The highest BCUT2D eigenvalue weighted by atomic mass is 16.3. The predicted octanol–water partition coefficient (Wildman–Crippen LogP) is 2.99. The number of phenolic OH excluding ortho intramolecular Hbond substituents is 1. The highest BCUT2D eigenvalue weighted by molar-refractivity contribution is 6.05. The highest BCUT2D eigenvalue weighted by Crippen LogP contribution is 2.20.